The van der Waals surface area contributed by atoms with E-state index >= 15 is 0 Å². The fraction of sp³-hybridized carbons (Fsp3) is 0.474. The Balaban J connectivity index is -0.000000572. The summed E-state index contributed by atoms with van der Waals surface area (Å²) in [6.45, 7) is 27.3. The molecule has 2 unspecified atom stereocenters. The number of ketones is 2. The molecule has 0 heterocycles. The second kappa shape index (κ2) is 25.9. The summed E-state index contributed by atoms with van der Waals surface area (Å²) in [5.41, 5.74) is 4.60. The molecule has 0 aliphatic rings. The number of carbonyl (C=O) groups is 2. The predicted molar refractivity (Wildman–Crippen MR) is 180 cm³/mol. The van der Waals surface area contributed by atoms with Crippen LogP contribution >= 0.6 is 0 Å². The van der Waals surface area contributed by atoms with Gasteiger partial charge in [-0.1, -0.05) is 150 Å². The molecule has 0 radical (unpaired) electrons. The third kappa shape index (κ3) is 16.7. The maximum absolute atomic E-state index is 14.0. The molecule has 0 spiro atoms. The Kier molecular flexibility index (Phi) is 26.8. The summed E-state index contributed by atoms with van der Waals surface area (Å²) in [4.78, 5) is 22.5. The third-order valence-electron chi connectivity index (χ3n) is 5.92. The lowest BCUT2D eigenvalue weighted by atomic mass is 9.95. The van der Waals surface area contributed by atoms with Crippen molar-refractivity contribution in [3.63, 3.8) is 0 Å². The lowest BCUT2D eigenvalue weighted by Crippen LogP contribution is -2.04. The summed E-state index contributed by atoms with van der Waals surface area (Å²) in [5.74, 6) is 0.434. The minimum absolute atomic E-state index is 0.0260. The van der Waals surface area contributed by atoms with E-state index < -0.39 is 0 Å². The largest absolute Gasteiger partial charge is 0.299 e. The third-order valence-corrected chi connectivity index (χ3v) is 5.92. The SMILES string of the molecule is CC.CC.CC.CC.CC(=O)C(C)c1ccc(-c2ccccc2)c(F)c1.CC(=O)C(C)c1ccc(CC(C)C)cc1. The van der Waals surface area contributed by atoms with Crippen molar-refractivity contribution < 1.29 is 14.0 Å². The summed E-state index contributed by atoms with van der Waals surface area (Å²) in [6.07, 6.45) is 1.11. The molecule has 0 fully saturated rings. The maximum atomic E-state index is 14.0. The van der Waals surface area contributed by atoms with E-state index in [0.717, 1.165) is 23.1 Å². The second-order valence-electron chi connectivity index (χ2n) is 9.11. The summed E-state index contributed by atoms with van der Waals surface area (Å²) in [5, 5.41) is 0. The number of benzene rings is 3. The van der Waals surface area contributed by atoms with Crippen molar-refractivity contribution >= 4 is 11.6 Å². The average Bonchev–Trinajstić information content (AvgIpc) is 3.01. The van der Waals surface area contributed by atoms with E-state index in [-0.39, 0.29) is 29.2 Å². The van der Waals surface area contributed by atoms with Gasteiger partial charge in [0.2, 0.25) is 0 Å². The lowest BCUT2D eigenvalue weighted by Gasteiger charge is -2.10. The number of hydrogen-bond donors (Lipinski definition) is 0. The van der Waals surface area contributed by atoms with Crippen LogP contribution in [-0.4, -0.2) is 11.6 Å². The van der Waals surface area contributed by atoms with Crippen LogP contribution in [0.1, 0.15) is 125 Å². The molecule has 0 saturated carbocycles. The normalized spacial score (nSPS) is 10.6. The molecule has 0 aliphatic carbocycles. The van der Waals surface area contributed by atoms with Crippen LogP contribution in [0.4, 0.5) is 4.39 Å². The molecule has 0 amide bonds. The molecule has 0 aromatic heterocycles. The highest BCUT2D eigenvalue weighted by molar-refractivity contribution is 5.83. The van der Waals surface area contributed by atoms with E-state index in [4.69, 9.17) is 0 Å². The zero-order chi connectivity index (χ0) is 32.5. The van der Waals surface area contributed by atoms with Crippen LogP contribution in [0.2, 0.25) is 0 Å². The Labute approximate surface area is 252 Å². The van der Waals surface area contributed by atoms with E-state index in [1.165, 1.54) is 18.6 Å². The van der Waals surface area contributed by atoms with Gasteiger partial charge in [0.1, 0.15) is 17.4 Å². The van der Waals surface area contributed by atoms with Gasteiger partial charge in [0.15, 0.2) is 0 Å². The van der Waals surface area contributed by atoms with Crippen molar-refractivity contribution in [1.82, 2.24) is 0 Å². The molecule has 0 N–H and O–H groups in total. The quantitative estimate of drug-likeness (QED) is 0.285. The molecule has 3 aromatic carbocycles. The van der Waals surface area contributed by atoms with Gasteiger partial charge < -0.3 is 0 Å². The molecular weight excluding hydrogens is 507 g/mol. The summed E-state index contributed by atoms with van der Waals surface area (Å²) < 4.78 is 14.0. The van der Waals surface area contributed by atoms with Crippen LogP contribution in [0.5, 0.6) is 0 Å². The van der Waals surface area contributed by atoms with Crippen molar-refractivity contribution in [3.05, 3.63) is 95.3 Å². The highest BCUT2D eigenvalue weighted by Gasteiger charge is 2.13. The number of halogens is 1. The van der Waals surface area contributed by atoms with Gasteiger partial charge in [-0.15, -0.1) is 0 Å². The van der Waals surface area contributed by atoms with Crippen molar-refractivity contribution in [2.45, 2.75) is 115 Å². The average molecular weight is 567 g/mol. The zero-order valence-corrected chi connectivity index (χ0v) is 28.6. The first-order valence-corrected chi connectivity index (χ1v) is 15.5. The molecule has 0 aliphatic heterocycles. The Morgan fingerprint density at radius 1 is 0.610 bits per heavy atom. The maximum Gasteiger partial charge on any atom is 0.136 e. The Hall–Kier alpha value is -3.07. The van der Waals surface area contributed by atoms with Gasteiger partial charge in [-0.05, 0) is 54.5 Å². The van der Waals surface area contributed by atoms with Gasteiger partial charge in [-0.2, -0.15) is 0 Å². The highest BCUT2D eigenvalue weighted by atomic mass is 19.1. The first kappa shape index (κ1) is 42.4. The van der Waals surface area contributed by atoms with Crippen LogP contribution in [-0.2, 0) is 16.0 Å². The molecule has 2 atom stereocenters. The molecule has 2 nitrogen and oxygen atoms in total. The summed E-state index contributed by atoms with van der Waals surface area (Å²) in [6, 6.07) is 22.8. The van der Waals surface area contributed by atoms with Gasteiger partial charge in [-0.25, -0.2) is 4.39 Å². The van der Waals surface area contributed by atoms with E-state index in [0.29, 0.717) is 11.5 Å². The van der Waals surface area contributed by atoms with Crippen molar-refractivity contribution in [3.8, 4) is 11.1 Å². The van der Waals surface area contributed by atoms with Crippen LogP contribution in [0, 0.1) is 11.7 Å². The number of carbonyl (C=O) groups excluding carboxylic acids is 2. The lowest BCUT2D eigenvalue weighted by molar-refractivity contribution is -0.118. The molecular formula is C38H59FO2. The van der Waals surface area contributed by atoms with Gasteiger partial charge in [-0.3, -0.25) is 9.59 Å². The first-order valence-electron chi connectivity index (χ1n) is 15.5. The first-order chi connectivity index (χ1) is 19.6. The van der Waals surface area contributed by atoms with Crippen molar-refractivity contribution in [2.75, 3.05) is 0 Å². The number of rotatable bonds is 7. The van der Waals surface area contributed by atoms with Crippen LogP contribution < -0.4 is 0 Å². The van der Waals surface area contributed by atoms with Crippen molar-refractivity contribution in [1.29, 1.82) is 0 Å². The van der Waals surface area contributed by atoms with Gasteiger partial charge in [0.05, 0.1) is 0 Å². The molecule has 3 aromatic rings. The number of Topliss-reactive ketones (excluding diaryl/α,β-unsaturated/α-hetero) is 2. The van der Waals surface area contributed by atoms with E-state index in [1.807, 2.05) is 98.7 Å². The van der Waals surface area contributed by atoms with Gasteiger partial charge in [0, 0.05) is 17.4 Å². The van der Waals surface area contributed by atoms with Crippen molar-refractivity contribution in [2.24, 2.45) is 5.92 Å². The van der Waals surface area contributed by atoms with Crippen LogP contribution in [0.15, 0.2) is 72.8 Å². The number of hydrogen-bond acceptors (Lipinski definition) is 2. The molecule has 230 valence electrons. The summed E-state index contributed by atoms with van der Waals surface area (Å²) >= 11 is 0. The minimum atomic E-state index is -0.285. The molecule has 0 bridgehead atoms. The smallest absolute Gasteiger partial charge is 0.136 e. The Morgan fingerprint density at radius 3 is 1.41 bits per heavy atom. The van der Waals surface area contributed by atoms with E-state index in [2.05, 4.69) is 38.1 Å². The molecule has 3 heteroatoms. The van der Waals surface area contributed by atoms with Gasteiger partial charge in [0.25, 0.3) is 0 Å². The van der Waals surface area contributed by atoms with E-state index in [1.54, 1.807) is 19.9 Å². The monoisotopic (exact) mass is 566 g/mol. The molecule has 41 heavy (non-hydrogen) atoms. The molecule has 3 rings (SSSR count). The topological polar surface area (TPSA) is 34.1 Å². The highest BCUT2D eigenvalue weighted by Crippen LogP contribution is 2.26. The Bertz CT molecular complexity index is 1050. The van der Waals surface area contributed by atoms with Crippen LogP contribution in [0.3, 0.4) is 0 Å². The molecule has 0 saturated heterocycles. The van der Waals surface area contributed by atoms with Gasteiger partial charge >= 0.3 is 0 Å². The second-order valence-corrected chi connectivity index (χ2v) is 9.11. The summed E-state index contributed by atoms with van der Waals surface area (Å²) in [7, 11) is 0. The fourth-order valence-electron chi connectivity index (χ4n) is 3.54. The van der Waals surface area contributed by atoms with Crippen LogP contribution in [0.25, 0.3) is 11.1 Å². The minimum Gasteiger partial charge on any atom is -0.299 e. The standard InChI is InChI=1S/C16H15FO.C14H20O.4C2H6/c1-11(12(2)18)14-8-9-15(16(17)10-14)13-6-4-3-5-7-13;1-10(2)9-13-5-7-14(8-6-13)11(3)12(4)15;4*1-2/h3-11H,1-2H3;5-8,10-11H,9H2,1-4H3;4*1-2H3. The fourth-order valence-corrected chi connectivity index (χ4v) is 3.54. The van der Waals surface area contributed by atoms with E-state index in [9.17, 15) is 14.0 Å². The zero-order valence-electron chi connectivity index (χ0n) is 28.6. The Morgan fingerprint density at radius 2 is 1.02 bits per heavy atom. The predicted octanol–water partition coefficient (Wildman–Crippen LogP) is 11.9.